The summed E-state index contributed by atoms with van der Waals surface area (Å²) >= 11 is 0. The van der Waals surface area contributed by atoms with Crippen LogP contribution in [0.15, 0.2) is 34.2 Å². The summed E-state index contributed by atoms with van der Waals surface area (Å²) in [4.78, 5) is 28.4. The Morgan fingerprint density at radius 1 is 1.19 bits per heavy atom. The highest BCUT2D eigenvalue weighted by molar-refractivity contribution is 7.90. The SMILES string of the molecule is C[C@H](N=C1NS(=O)(=O)c2ccccc21)C(=O)O[C@@H](C)C(=O)NC(C)(C)C. The van der Waals surface area contributed by atoms with Crippen LogP contribution in [0.3, 0.4) is 0 Å². The number of amidine groups is 1. The average Bonchev–Trinajstić information content (AvgIpc) is 2.77. The quantitative estimate of drug-likeness (QED) is 0.754. The Hall–Kier alpha value is -2.42. The van der Waals surface area contributed by atoms with Crippen LogP contribution >= 0.6 is 0 Å². The van der Waals surface area contributed by atoms with Crippen LogP contribution in [0.5, 0.6) is 0 Å². The minimum Gasteiger partial charge on any atom is -0.451 e. The Morgan fingerprint density at radius 3 is 2.42 bits per heavy atom. The van der Waals surface area contributed by atoms with Crippen LogP contribution in [0.2, 0.25) is 0 Å². The van der Waals surface area contributed by atoms with Gasteiger partial charge in [0.05, 0.1) is 4.90 Å². The number of nitrogens with zero attached hydrogens (tertiary/aromatic N) is 1. The Bertz CT molecular complexity index is 855. The zero-order chi connectivity index (χ0) is 19.7. The topological polar surface area (TPSA) is 114 Å². The van der Waals surface area contributed by atoms with Crippen LogP contribution < -0.4 is 10.0 Å². The standard InChI is InChI=1S/C17H23N3O5S/c1-10(16(22)25-11(2)15(21)19-17(3,4)5)18-14-12-8-6-7-9-13(12)26(23,24)20-14/h6-11H,1-5H3,(H,18,20)(H,19,21)/t10-,11-/m0/s1. The first-order chi connectivity index (χ1) is 11.9. The number of fused-ring (bicyclic) bond motifs is 1. The molecular formula is C17H23N3O5S. The van der Waals surface area contributed by atoms with Gasteiger partial charge in [0.15, 0.2) is 6.10 Å². The van der Waals surface area contributed by atoms with Crippen molar-refractivity contribution in [3.63, 3.8) is 0 Å². The van der Waals surface area contributed by atoms with Crippen LogP contribution in [-0.4, -0.2) is 43.8 Å². The molecule has 1 amide bonds. The number of ether oxygens (including phenoxy) is 1. The van der Waals surface area contributed by atoms with Gasteiger partial charge in [-0.2, -0.15) is 0 Å². The van der Waals surface area contributed by atoms with E-state index in [-0.39, 0.29) is 10.7 Å². The predicted octanol–water partition coefficient (Wildman–Crippen LogP) is 0.960. The largest absolute Gasteiger partial charge is 0.451 e. The van der Waals surface area contributed by atoms with E-state index >= 15 is 0 Å². The molecule has 0 bridgehead atoms. The highest BCUT2D eigenvalue weighted by Crippen LogP contribution is 2.22. The lowest BCUT2D eigenvalue weighted by Gasteiger charge is -2.23. The van der Waals surface area contributed by atoms with Gasteiger partial charge in [-0.3, -0.25) is 14.5 Å². The molecule has 9 heteroatoms. The lowest BCUT2D eigenvalue weighted by atomic mass is 10.1. The third kappa shape index (κ3) is 4.60. The monoisotopic (exact) mass is 381 g/mol. The number of amides is 1. The van der Waals surface area contributed by atoms with E-state index in [1.807, 2.05) is 20.8 Å². The average molecular weight is 381 g/mol. The highest BCUT2D eigenvalue weighted by atomic mass is 32.2. The molecule has 0 unspecified atom stereocenters. The number of esters is 1. The van der Waals surface area contributed by atoms with E-state index in [1.54, 1.807) is 18.2 Å². The zero-order valence-corrected chi connectivity index (χ0v) is 16.2. The lowest BCUT2D eigenvalue weighted by Crippen LogP contribution is -2.46. The molecule has 8 nitrogen and oxygen atoms in total. The van der Waals surface area contributed by atoms with Crippen molar-refractivity contribution in [2.75, 3.05) is 0 Å². The van der Waals surface area contributed by atoms with Gasteiger partial charge in [0, 0.05) is 11.1 Å². The maximum atomic E-state index is 12.2. The molecule has 0 spiro atoms. The first-order valence-corrected chi connectivity index (χ1v) is 9.61. The number of sulfonamides is 1. The Balaban J connectivity index is 2.10. The Labute approximate surface area is 153 Å². The number of aliphatic imine (C=N–C) groups is 1. The summed E-state index contributed by atoms with van der Waals surface area (Å²) in [5.41, 5.74) is -0.0548. The van der Waals surface area contributed by atoms with E-state index in [4.69, 9.17) is 4.74 Å². The third-order valence-corrected chi connectivity index (χ3v) is 4.88. The van der Waals surface area contributed by atoms with Gasteiger partial charge in [-0.1, -0.05) is 12.1 Å². The summed E-state index contributed by atoms with van der Waals surface area (Å²) in [6.45, 7) is 8.39. The van der Waals surface area contributed by atoms with Crippen molar-refractivity contribution < 1.29 is 22.7 Å². The van der Waals surface area contributed by atoms with Crippen molar-refractivity contribution in [2.24, 2.45) is 4.99 Å². The van der Waals surface area contributed by atoms with Gasteiger partial charge < -0.3 is 10.1 Å². The van der Waals surface area contributed by atoms with Crippen molar-refractivity contribution in [2.45, 2.75) is 57.2 Å². The fourth-order valence-electron chi connectivity index (χ4n) is 2.27. The number of benzene rings is 1. The first-order valence-electron chi connectivity index (χ1n) is 8.13. The van der Waals surface area contributed by atoms with Crippen molar-refractivity contribution >= 4 is 27.7 Å². The van der Waals surface area contributed by atoms with Crippen LogP contribution in [-0.2, 0) is 24.3 Å². The molecule has 0 saturated heterocycles. The van der Waals surface area contributed by atoms with Crippen molar-refractivity contribution in [1.82, 2.24) is 10.0 Å². The van der Waals surface area contributed by atoms with Gasteiger partial charge in [0.2, 0.25) is 0 Å². The number of rotatable bonds is 4. The van der Waals surface area contributed by atoms with E-state index in [0.29, 0.717) is 5.56 Å². The second-order valence-corrected chi connectivity index (χ2v) is 8.72. The van der Waals surface area contributed by atoms with Gasteiger partial charge in [0.1, 0.15) is 11.9 Å². The molecule has 2 atom stereocenters. The molecule has 0 fully saturated rings. The van der Waals surface area contributed by atoms with Crippen LogP contribution in [0.4, 0.5) is 0 Å². The second kappa shape index (κ2) is 7.06. The van der Waals surface area contributed by atoms with E-state index in [0.717, 1.165) is 0 Å². The Morgan fingerprint density at radius 2 is 1.81 bits per heavy atom. The molecule has 2 N–H and O–H groups in total. The number of hydrogen-bond donors (Lipinski definition) is 2. The summed E-state index contributed by atoms with van der Waals surface area (Å²) < 4.78 is 31.6. The maximum absolute atomic E-state index is 12.2. The number of nitrogens with one attached hydrogen (secondary N) is 2. The van der Waals surface area contributed by atoms with E-state index in [2.05, 4.69) is 15.0 Å². The van der Waals surface area contributed by atoms with Gasteiger partial charge in [-0.15, -0.1) is 0 Å². The number of hydrogen-bond acceptors (Lipinski definition) is 6. The van der Waals surface area contributed by atoms with Crippen LogP contribution in [0.25, 0.3) is 0 Å². The maximum Gasteiger partial charge on any atom is 0.331 e. The molecule has 1 aromatic rings. The molecule has 0 radical (unpaired) electrons. The van der Waals surface area contributed by atoms with Gasteiger partial charge >= 0.3 is 5.97 Å². The minimum atomic E-state index is -3.68. The molecule has 1 aliphatic heterocycles. The molecule has 142 valence electrons. The lowest BCUT2D eigenvalue weighted by molar-refractivity contribution is -0.156. The van der Waals surface area contributed by atoms with E-state index < -0.39 is 39.6 Å². The highest BCUT2D eigenvalue weighted by Gasteiger charge is 2.32. The smallest absolute Gasteiger partial charge is 0.331 e. The molecule has 1 aliphatic rings. The number of carbonyl (C=O) groups is 2. The summed E-state index contributed by atoms with van der Waals surface area (Å²) in [6.07, 6.45) is -0.989. The van der Waals surface area contributed by atoms with Gasteiger partial charge in [-0.05, 0) is 46.8 Å². The fraction of sp³-hybridized carbons (Fsp3) is 0.471. The molecule has 0 aromatic heterocycles. The van der Waals surface area contributed by atoms with Crippen molar-refractivity contribution in [3.05, 3.63) is 29.8 Å². The second-order valence-electron chi connectivity index (χ2n) is 7.07. The molecule has 1 aromatic carbocycles. The van der Waals surface area contributed by atoms with Crippen LogP contribution in [0, 0.1) is 0 Å². The van der Waals surface area contributed by atoms with Crippen LogP contribution in [0.1, 0.15) is 40.2 Å². The summed E-state index contributed by atoms with van der Waals surface area (Å²) in [7, 11) is -3.68. The summed E-state index contributed by atoms with van der Waals surface area (Å²) in [6, 6.07) is 5.36. The van der Waals surface area contributed by atoms with Crippen molar-refractivity contribution in [1.29, 1.82) is 0 Å². The molecule has 2 rings (SSSR count). The van der Waals surface area contributed by atoms with Crippen molar-refractivity contribution in [3.8, 4) is 0 Å². The fourth-order valence-corrected chi connectivity index (χ4v) is 3.51. The van der Waals surface area contributed by atoms with E-state index in [1.165, 1.54) is 19.9 Å². The van der Waals surface area contributed by atoms with Gasteiger partial charge in [0.25, 0.3) is 15.9 Å². The molecule has 0 aliphatic carbocycles. The minimum absolute atomic E-state index is 0.0804. The summed E-state index contributed by atoms with van der Waals surface area (Å²) in [5.74, 6) is -1.06. The summed E-state index contributed by atoms with van der Waals surface area (Å²) in [5, 5.41) is 2.72. The molecule has 1 heterocycles. The molecule has 26 heavy (non-hydrogen) atoms. The molecule has 0 saturated carbocycles. The predicted molar refractivity (Wildman–Crippen MR) is 96.2 cm³/mol. The zero-order valence-electron chi connectivity index (χ0n) is 15.4. The van der Waals surface area contributed by atoms with Gasteiger partial charge in [-0.25, -0.2) is 13.2 Å². The Kier molecular flexibility index (Phi) is 5.41. The normalized spacial score (nSPS) is 19.2. The number of carbonyl (C=O) groups excluding carboxylic acids is 2. The first kappa shape index (κ1) is 19.9. The van der Waals surface area contributed by atoms with E-state index in [9.17, 15) is 18.0 Å². The third-order valence-electron chi connectivity index (χ3n) is 3.49. The molecular weight excluding hydrogens is 358 g/mol.